The van der Waals surface area contributed by atoms with Crippen molar-refractivity contribution in [2.24, 2.45) is 0 Å². The largest absolute Gasteiger partial charge is 0.495 e. The Morgan fingerprint density at radius 2 is 2.14 bits per heavy atom. The Hall–Kier alpha value is -2.83. The van der Waals surface area contributed by atoms with E-state index in [1.165, 1.54) is 6.08 Å². The number of rotatable bonds is 3. The quantitative estimate of drug-likeness (QED) is 0.644. The van der Waals surface area contributed by atoms with E-state index in [1.54, 1.807) is 24.1 Å². The monoisotopic (exact) mass is 299 g/mol. The first-order valence-electron chi connectivity index (χ1n) is 6.85. The Morgan fingerprint density at radius 1 is 1.41 bits per heavy atom. The number of nitrogen functional groups attached to an aromatic ring is 2. The van der Waals surface area contributed by atoms with Crippen LogP contribution in [0, 0.1) is 0 Å². The van der Waals surface area contributed by atoms with Crippen LogP contribution in [-0.2, 0) is 4.79 Å². The van der Waals surface area contributed by atoms with Crippen LogP contribution in [0.2, 0.25) is 0 Å². The number of methoxy groups -OCH3 is 1. The lowest BCUT2D eigenvalue weighted by atomic mass is 9.98. The Kier molecular flexibility index (Phi) is 3.32. The summed E-state index contributed by atoms with van der Waals surface area (Å²) in [6.07, 6.45) is 1.31. The van der Waals surface area contributed by atoms with Gasteiger partial charge in [-0.15, -0.1) is 0 Å². The maximum atomic E-state index is 11.5. The molecule has 0 saturated carbocycles. The number of anilines is 2. The molecule has 1 aliphatic rings. The normalized spacial score (nSPS) is 14.7. The van der Waals surface area contributed by atoms with Crippen LogP contribution in [0.25, 0.3) is 10.9 Å². The van der Waals surface area contributed by atoms with Crippen molar-refractivity contribution in [1.29, 1.82) is 0 Å². The van der Waals surface area contributed by atoms with Gasteiger partial charge in [0.15, 0.2) is 0 Å². The van der Waals surface area contributed by atoms with Gasteiger partial charge in [0.05, 0.1) is 24.2 Å². The molecule has 1 aromatic heterocycles. The number of benzene rings is 1. The van der Waals surface area contributed by atoms with E-state index in [-0.39, 0.29) is 11.8 Å². The van der Waals surface area contributed by atoms with Gasteiger partial charge >= 0.3 is 0 Å². The SMILES string of the molecule is C=CC(=O)N1CC(c2nc(N)c3cc(N)c(OC)cc3n2)C1. The molecule has 0 spiro atoms. The van der Waals surface area contributed by atoms with Gasteiger partial charge in [0, 0.05) is 24.5 Å². The van der Waals surface area contributed by atoms with Crippen LogP contribution < -0.4 is 16.2 Å². The average molecular weight is 299 g/mol. The van der Waals surface area contributed by atoms with Gasteiger partial charge in [0.1, 0.15) is 17.4 Å². The number of nitrogens with zero attached hydrogens (tertiary/aromatic N) is 3. The smallest absolute Gasteiger partial charge is 0.246 e. The van der Waals surface area contributed by atoms with Gasteiger partial charge in [-0.05, 0) is 12.1 Å². The fourth-order valence-corrected chi connectivity index (χ4v) is 2.53. The average Bonchev–Trinajstić information content (AvgIpc) is 2.45. The number of nitrogens with two attached hydrogens (primary N) is 2. The van der Waals surface area contributed by atoms with Crippen molar-refractivity contribution < 1.29 is 9.53 Å². The number of aromatic nitrogens is 2. The molecule has 1 fully saturated rings. The second-order valence-corrected chi connectivity index (χ2v) is 5.22. The van der Waals surface area contributed by atoms with E-state index in [9.17, 15) is 4.79 Å². The maximum absolute atomic E-state index is 11.5. The highest BCUT2D eigenvalue weighted by atomic mass is 16.5. The third kappa shape index (κ3) is 2.20. The van der Waals surface area contributed by atoms with Gasteiger partial charge in [-0.1, -0.05) is 6.58 Å². The molecule has 7 heteroatoms. The molecular weight excluding hydrogens is 282 g/mol. The molecule has 2 aromatic rings. The Morgan fingerprint density at radius 3 is 2.77 bits per heavy atom. The van der Waals surface area contributed by atoms with Crippen molar-refractivity contribution in [2.45, 2.75) is 5.92 Å². The molecule has 0 unspecified atom stereocenters. The number of carbonyl (C=O) groups is 1. The van der Waals surface area contributed by atoms with Crippen molar-refractivity contribution in [3.8, 4) is 5.75 Å². The van der Waals surface area contributed by atoms with Crippen LogP contribution in [0.5, 0.6) is 5.75 Å². The zero-order valence-electron chi connectivity index (χ0n) is 12.2. The molecule has 2 heterocycles. The van der Waals surface area contributed by atoms with Crippen molar-refractivity contribution in [3.63, 3.8) is 0 Å². The number of hydrogen-bond acceptors (Lipinski definition) is 6. The lowest BCUT2D eigenvalue weighted by Gasteiger charge is -2.37. The summed E-state index contributed by atoms with van der Waals surface area (Å²) in [5.41, 5.74) is 13.1. The first-order valence-corrected chi connectivity index (χ1v) is 6.85. The van der Waals surface area contributed by atoms with Crippen LogP contribution in [0.15, 0.2) is 24.8 Å². The number of ether oxygens (including phenoxy) is 1. The van der Waals surface area contributed by atoms with E-state index >= 15 is 0 Å². The van der Waals surface area contributed by atoms with E-state index < -0.39 is 0 Å². The second-order valence-electron chi connectivity index (χ2n) is 5.22. The Bertz CT molecular complexity index is 768. The molecule has 3 rings (SSSR count). The predicted molar refractivity (Wildman–Crippen MR) is 84.4 cm³/mol. The zero-order valence-corrected chi connectivity index (χ0v) is 12.2. The van der Waals surface area contributed by atoms with Crippen molar-refractivity contribution in [1.82, 2.24) is 14.9 Å². The summed E-state index contributed by atoms with van der Waals surface area (Å²) in [7, 11) is 1.55. The third-order valence-electron chi connectivity index (χ3n) is 3.83. The number of carbonyl (C=O) groups excluding carboxylic acids is 1. The molecule has 1 aromatic carbocycles. The summed E-state index contributed by atoms with van der Waals surface area (Å²) in [6, 6.07) is 3.46. The number of likely N-dealkylation sites (tertiary alicyclic amines) is 1. The topological polar surface area (TPSA) is 107 Å². The molecule has 4 N–H and O–H groups in total. The Balaban J connectivity index is 1.94. The van der Waals surface area contributed by atoms with E-state index in [0.29, 0.717) is 47.1 Å². The summed E-state index contributed by atoms with van der Waals surface area (Å²) in [4.78, 5) is 22.1. The third-order valence-corrected chi connectivity index (χ3v) is 3.83. The second kappa shape index (κ2) is 5.18. The van der Waals surface area contributed by atoms with Crippen molar-refractivity contribution in [2.75, 3.05) is 31.7 Å². The minimum Gasteiger partial charge on any atom is -0.495 e. The van der Waals surface area contributed by atoms with E-state index in [4.69, 9.17) is 16.2 Å². The highest BCUT2D eigenvalue weighted by Gasteiger charge is 2.33. The summed E-state index contributed by atoms with van der Waals surface area (Å²) < 4.78 is 5.21. The van der Waals surface area contributed by atoms with Gasteiger partial charge in [0.25, 0.3) is 0 Å². The summed E-state index contributed by atoms with van der Waals surface area (Å²) >= 11 is 0. The van der Waals surface area contributed by atoms with E-state index in [0.717, 1.165) is 0 Å². The highest BCUT2D eigenvalue weighted by molar-refractivity contribution is 5.92. The molecule has 0 atom stereocenters. The molecule has 0 bridgehead atoms. The number of fused-ring (bicyclic) bond motifs is 1. The van der Waals surface area contributed by atoms with Crippen LogP contribution in [0.3, 0.4) is 0 Å². The number of amides is 1. The molecule has 114 valence electrons. The minimum absolute atomic E-state index is 0.0825. The van der Waals surface area contributed by atoms with E-state index in [1.807, 2.05) is 0 Å². The Labute approximate surface area is 127 Å². The fraction of sp³-hybridized carbons (Fsp3) is 0.267. The maximum Gasteiger partial charge on any atom is 0.246 e. The summed E-state index contributed by atoms with van der Waals surface area (Å²) in [6.45, 7) is 4.62. The number of hydrogen-bond donors (Lipinski definition) is 2. The van der Waals surface area contributed by atoms with Crippen LogP contribution in [0.1, 0.15) is 11.7 Å². The molecule has 1 aliphatic heterocycles. The molecule has 1 saturated heterocycles. The first kappa shape index (κ1) is 14.1. The van der Waals surface area contributed by atoms with Crippen molar-refractivity contribution in [3.05, 3.63) is 30.6 Å². The van der Waals surface area contributed by atoms with Crippen molar-refractivity contribution >= 4 is 28.3 Å². The molecule has 7 nitrogen and oxygen atoms in total. The van der Waals surface area contributed by atoms with Gasteiger partial charge in [-0.25, -0.2) is 9.97 Å². The molecule has 1 amide bonds. The molecular formula is C15H17N5O2. The highest BCUT2D eigenvalue weighted by Crippen LogP contribution is 2.32. The lowest BCUT2D eigenvalue weighted by molar-refractivity contribution is -0.130. The summed E-state index contributed by atoms with van der Waals surface area (Å²) in [5.74, 6) is 1.56. The first-order chi connectivity index (χ1) is 10.5. The van der Waals surface area contributed by atoms with Gasteiger partial charge in [0.2, 0.25) is 5.91 Å². The lowest BCUT2D eigenvalue weighted by Crippen LogP contribution is -2.48. The predicted octanol–water partition coefficient (Wildman–Crippen LogP) is 0.915. The van der Waals surface area contributed by atoms with Gasteiger partial charge in [-0.3, -0.25) is 4.79 Å². The van der Waals surface area contributed by atoms with Crippen LogP contribution in [-0.4, -0.2) is 41.0 Å². The van der Waals surface area contributed by atoms with E-state index in [2.05, 4.69) is 16.5 Å². The fourth-order valence-electron chi connectivity index (χ4n) is 2.53. The van der Waals surface area contributed by atoms with Gasteiger partial charge in [-0.2, -0.15) is 0 Å². The minimum atomic E-state index is -0.0838. The molecule has 0 aliphatic carbocycles. The molecule has 0 radical (unpaired) electrons. The van der Waals surface area contributed by atoms with Gasteiger partial charge < -0.3 is 21.1 Å². The zero-order chi connectivity index (χ0) is 15.9. The standard InChI is InChI=1S/C15H17N5O2/c1-3-13(21)20-6-8(7-20)15-18-11-5-12(22-2)10(16)4-9(11)14(17)19-15/h3-5,8H,1,6-7,16H2,2H3,(H2,17,18,19). The van der Waals surface area contributed by atoms with Crippen LogP contribution in [0.4, 0.5) is 11.5 Å². The summed E-state index contributed by atoms with van der Waals surface area (Å²) in [5, 5.41) is 0.695. The molecule has 22 heavy (non-hydrogen) atoms. The van der Waals surface area contributed by atoms with Crippen LogP contribution >= 0.6 is 0 Å².